The highest BCUT2D eigenvalue weighted by Gasteiger charge is 2.13. The van der Waals surface area contributed by atoms with Crippen molar-refractivity contribution in [3.05, 3.63) is 65.0 Å². The van der Waals surface area contributed by atoms with Gasteiger partial charge < -0.3 is 5.11 Å². The van der Waals surface area contributed by atoms with Crippen molar-refractivity contribution in [2.24, 2.45) is 0 Å². The normalized spacial score (nSPS) is 11.4. The lowest BCUT2D eigenvalue weighted by molar-refractivity contribution is 0.282. The minimum Gasteiger partial charge on any atom is -0.392 e. The SMILES string of the molecule is Cc1ccc(NS(=O)(=O)Cc2cccc(CO)c2)cc1F. The van der Waals surface area contributed by atoms with Crippen LogP contribution in [0.25, 0.3) is 0 Å². The molecule has 0 unspecified atom stereocenters. The van der Waals surface area contributed by atoms with Crippen LogP contribution in [-0.2, 0) is 22.4 Å². The molecule has 6 heteroatoms. The van der Waals surface area contributed by atoms with Crippen LogP contribution in [0, 0.1) is 12.7 Å². The Labute approximate surface area is 123 Å². The molecule has 112 valence electrons. The molecule has 0 aromatic heterocycles. The lowest BCUT2D eigenvalue weighted by atomic mass is 10.1. The molecule has 0 saturated heterocycles. The number of sulfonamides is 1. The first-order chi connectivity index (χ1) is 9.89. The first kappa shape index (κ1) is 15.5. The van der Waals surface area contributed by atoms with Gasteiger partial charge in [0.1, 0.15) is 5.82 Å². The van der Waals surface area contributed by atoms with Gasteiger partial charge in [-0.3, -0.25) is 4.72 Å². The van der Waals surface area contributed by atoms with Crippen molar-refractivity contribution in [1.82, 2.24) is 0 Å². The Hall–Kier alpha value is -1.92. The van der Waals surface area contributed by atoms with E-state index in [1.807, 2.05) is 0 Å². The zero-order valence-corrected chi connectivity index (χ0v) is 12.3. The molecule has 0 saturated carbocycles. The highest BCUT2D eigenvalue weighted by atomic mass is 32.2. The number of benzene rings is 2. The van der Waals surface area contributed by atoms with Gasteiger partial charge in [-0.25, -0.2) is 12.8 Å². The molecule has 0 bridgehead atoms. The van der Waals surface area contributed by atoms with Crippen LogP contribution in [0.15, 0.2) is 42.5 Å². The first-order valence-electron chi connectivity index (χ1n) is 6.35. The van der Waals surface area contributed by atoms with Crippen LogP contribution < -0.4 is 4.72 Å². The van der Waals surface area contributed by atoms with E-state index in [0.29, 0.717) is 16.7 Å². The van der Waals surface area contributed by atoms with Crippen LogP contribution in [0.3, 0.4) is 0 Å². The average molecular weight is 309 g/mol. The van der Waals surface area contributed by atoms with Gasteiger partial charge in [0.15, 0.2) is 0 Å². The topological polar surface area (TPSA) is 66.4 Å². The molecule has 0 spiro atoms. The third-order valence-electron chi connectivity index (χ3n) is 2.98. The van der Waals surface area contributed by atoms with E-state index in [9.17, 15) is 12.8 Å². The maximum Gasteiger partial charge on any atom is 0.236 e. The van der Waals surface area contributed by atoms with Crippen LogP contribution in [0.2, 0.25) is 0 Å². The van der Waals surface area contributed by atoms with Crippen LogP contribution in [0.1, 0.15) is 16.7 Å². The Morgan fingerprint density at radius 3 is 2.52 bits per heavy atom. The van der Waals surface area contributed by atoms with E-state index < -0.39 is 15.8 Å². The fourth-order valence-electron chi connectivity index (χ4n) is 1.91. The largest absolute Gasteiger partial charge is 0.392 e. The summed E-state index contributed by atoms with van der Waals surface area (Å²) in [6.45, 7) is 1.46. The fourth-order valence-corrected chi connectivity index (χ4v) is 3.09. The van der Waals surface area contributed by atoms with E-state index in [1.165, 1.54) is 12.1 Å². The zero-order chi connectivity index (χ0) is 15.5. The molecule has 0 aliphatic heterocycles. The van der Waals surface area contributed by atoms with Crippen molar-refractivity contribution in [3.63, 3.8) is 0 Å². The first-order valence-corrected chi connectivity index (χ1v) is 8.00. The molecule has 2 N–H and O–H groups in total. The standard InChI is InChI=1S/C15H16FNO3S/c1-11-5-6-14(8-15(11)16)17-21(19,20)10-13-4-2-3-12(7-13)9-18/h2-8,17-18H,9-10H2,1H3. The Kier molecular flexibility index (Phi) is 4.59. The number of aryl methyl sites for hydroxylation is 1. The predicted octanol–water partition coefficient (Wildman–Crippen LogP) is 2.57. The average Bonchev–Trinajstić information content (AvgIpc) is 2.42. The van der Waals surface area contributed by atoms with Gasteiger partial charge in [0.05, 0.1) is 18.0 Å². The molecule has 2 aromatic carbocycles. The van der Waals surface area contributed by atoms with Crippen LogP contribution in [0.5, 0.6) is 0 Å². The van der Waals surface area contributed by atoms with Gasteiger partial charge in [-0.2, -0.15) is 0 Å². The molecule has 0 aliphatic carbocycles. The van der Waals surface area contributed by atoms with Crippen molar-refractivity contribution in [2.45, 2.75) is 19.3 Å². The Balaban J connectivity index is 2.16. The molecule has 0 radical (unpaired) electrons. The Morgan fingerprint density at radius 2 is 1.86 bits per heavy atom. The molecular weight excluding hydrogens is 293 g/mol. The van der Waals surface area contributed by atoms with E-state index in [1.54, 1.807) is 31.2 Å². The Morgan fingerprint density at radius 1 is 1.14 bits per heavy atom. The van der Waals surface area contributed by atoms with Gasteiger partial charge in [-0.05, 0) is 35.7 Å². The maximum atomic E-state index is 13.4. The second kappa shape index (κ2) is 6.24. The molecule has 0 amide bonds. The monoisotopic (exact) mass is 309 g/mol. The highest BCUT2D eigenvalue weighted by Crippen LogP contribution is 2.17. The van der Waals surface area contributed by atoms with E-state index in [-0.39, 0.29) is 18.0 Å². The maximum absolute atomic E-state index is 13.4. The van der Waals surface area contributed by atoms with Gasteiger partial charge in [-0.15, -0.1) is 0 Å². The number of halogens is 1. The molecule has 2 rings (SSSR count). The van der Waals surface area contributed by atoms with E-state index >= 15 is 0 Å². The summed E-state index contributed by atoms with van der Waals surface area (Å²) >= 11 is 0. The summed E-state index contributed by atoms with van der Waals surface area (Å²) < 4.78 is 39.9. The van der Waals surface area contributed by atoms with Gasteiger partial charge in [0, 0.05) is 0 Å². The summed E-state index contributed by atoms with van der Waals surface area (Å²) in [5, 5.41) is 9.05. The molecule has 4 nitrogen and oxygen atoms in total. The van der Waals surface area contributed by atoms with Gasteiger partial charge in [0.25, 0.3) is 0 Å². The fraction of sp³-hybridized carbons (Fsp3) is 0.200. The summed E-state index contributed by atoms with van der Waals surface area (Å²) in [5.41, 5.74) is 1.84. The number of hydrogen-bond acceptors (Lipinski definition) is 3. The Bertz CT molecular complexity index is 744. The van der Waals surface area contributed by atoms with Crippen LogP contribution in [0.4, 0.5) is 10.1 Å². The van der Waals surface area contributed by atoms with Crippen LogP contribution >= 0.6 is 0 Å². The molecular formula is C15H16FNO3S. The molecule has 0 aliphatic rings. The minimum atomic E-state index is -3.64. The second-order valence-electron chi connectivity index (χ2n) is 4.80. The van der Waals surface area contributed by atoms with Crippen molar-refractivity contribution < 1.29 is 17.9 Å². The highest BCUT2D eigenvalue weighted by molar-refractivity contribution is 7.91. The summed E-state index contributed by atoms with van der Waals surface area (Å²) in [4.78, 5) is 0. The second-order valence-corrected chi connectivity index (χ2v) is 6.53. The third-order valence-corrected chi connectivity index (χ3v) is 4.24. The quantitative estimate of drug-likeness (QED) is 0.892. The summed E-state index contributed by atoms with van der Waals surface area (Å²) in [5.74, 6) is -0.700. The number of aliphatic hydroxyl groups excluding tert-OH is 1. The number of anilines is 1. The van der Waals surface area contributed by atoms with Crippen LogP contribution in [-0.4, -0.2) is 13.5 Å². The van der Waals surface area contributed by atoms with Crippen molar-refractivity contribution >= 4 is 15.7 Å². The van der Waals surface area contributed by atoms with E-state index in [0.717, 1.165) is 6.07 Å². The van der Waals surface area contributed by atoms with Gasteiger partial charge >= 0.3 is 0 Å². The summed E-state index contributed by atoms with van der Waals surface area (Å²) in [6, 6.07) is 10.8. The predicted molar refractivity (Wildman–Crippen MR) is 79.7 cm³/mol. The zero-order valence-electron chi connectivity index (χ0n) is 11.5. The van der Waals surface area contributed by atoms with Gasteiger partial charge in [-0.1, -0.05) is 30.3 Å². The number of nitrogens with one attached hydrogen (secondary N) is 1. The molecule has 0 heterocycles. The molecule has 0 atom stereocenters. The third kappa shape index (κ3) is 4.27. The van der Waals surface area contributed by atoms with Gasteiger partial charge in [0.2, 0.25) is 10.0 Å². The van der Waals surface area contributed by atoms with Crippen molar-refractivity contribution in [1.29, 1.82) is 0 Å². The molecule has 0 fully saturated rings. The van der Waals surface area contributed by atoms with E-state index in [2.05, 4.69) is 4.72 Å². The number of rotatable bonds is 5. The molecule has 2 aromatic rings. The number of aliphatic hydroxyl groups is 1. The lowest BCUT2D eigenvalue weighted by Gasteiger charge is -2.09. The molecule has 21 heavy (non-hydrogen) atoms. The van der Waals surface area contributed by atoms with Crippen molar-refractivity contribution in [2.75, 3.05) is 4.72 Å². The van der Waals surface area contributed by atoms with Crippen molar-refractivity contribution in [3.8, 4) is 0 Å². The van der Waals surface area contributed by atoms with E-state index in [4.69, 9.17) is 5.11 Å². The lowest BCUT2D eigenvalue weighted by Crippen LogP contribution is -2.15. The summed E-state index contributed by atoms with van der Waals surface area (Å²) in [6.07, 6.45) is 0. The minimum absolute atomic E-state index is 0.148. The smallest absolute Gasteiger partial charge is 0.236 e. The number of hydrogen-bond donors (Lipinski definition) is 2. The summed E-state index contributed by atoms with van der Waals surface area (Å²) in [7, 11) is -3.64.